The molecule has 0 unspecified atom stereocenters. The fraction of sp³-hybridized carbons (Fsp3) is 0.286. The van der Waals surface area contributed by atoms with Crippen LogP contribution >= 0.6 is 11.8 Å². The molecule has 0 saturated heterocycles. The number of aromatic nitrogens is 1. The molecule has 0 aliphatic heterocycles. The quantitative estimate of drug-likeness (QED) is 0.393. The number of nitrogens with zero attached hydrogens (tertiary/aromatic N) is 2. The van der Waals surface area contributed by atoms with Crippen LogP contribution in [-0.2, 0) is 0 Å². The van der Waals surface area contributed by atoms with Crippen molar-refractivity contribution in [1.29, 1.82) is 0 Å². The SMILES string of the molecule is CCCSc1nc2ccc(C)cc2cc1/C=N/O. The molecule has 0 amide bonds. The normalized spacial score (nSPS) is 11.4. The highest BCUT2D eigenvalue weighted by Gasteiger charge is 2.06. The molecular formula is C14H16N2OS. The van der Waals surface area contributed by atoms with Crippen LogP contribution in [0.5, 0.6) is 0 Å². The van der Waals surface area contributed by atoms with E-state index in [-0.39, 0.29) is 0 Å². The molecule has 1 N–H and O–H groups in total. The van der Waals surface area contributed by atoms with Crippen molar-refractivity contribution >= 4 is 28.9 Å². The van der Waals surface area contributed by atoms with Crippen LogP contribution in [0.1, 0.15) is 24.5 Å². The van der Waals surface area contributed by atoms with Crippen LogP contribution in [0.25, 0.3) is 10.9 Å². The largest absolute Gasteiger partial charge is 0.411 e. The Hall–Kier alpha value is -1.55. The lowest BCUT2D eigenvalue weighted by atomic mass is 10.1. The first kappa shape index (κ1) is 12.9. The molecule has 0 radical (unpaired) electrons. The zero-order valence-electron chi connectivity index (χ0n) is 10.6. The highest BCUT2D eigenvalue weighted by atomic mass is 32.2. The maximum Gasteiger partial charge on any atom is 0.106 e. The number of fused-ring (bicyclic) bond motifs is 1. The van der Waals surface area contributed by atoms with Crippen LogP contribution < -0.4 is 0 Å². The third kappa shape index (κ3) is 2.82. The van der Waals surface area contributed by atoms with Gasteiger partial charge in [0.1, 0.15) is 5.03 Å². The topological polar surface area (TPSA) is 45.5 Å². The van der Waals surface area contributed by atoms with Crippen LogP contribution in [0.3, 0.4) is 0 Å². The summed E-state index contributed by atoms with van der Waals surface area (Å²) >= 11 is 1.69. The van der Waals surface area contributed by atoms with Gasteiger partial charge in [0.05, 0.1) is 11.7 Å². The van der Waals surface area contributed by atoms with Crippen LogP contribution in [0.4, 0.5) is 0 Å². The summed E-state index contributed by atoms with van der Waals surface area (Å²) in [6, 6.07) is 8.20. The summed E-state index contributed by atoms with van der Waals surface area (Å²) in [7, 11) is 0. The van der Waals surface area contributed by atoms with Gasteiger partial charge in [-0.15, -0.1) is 11.8 Å². The molecule has 94 valence electrons. The summed E-state index contributed by atoms with van der Waals surface area (Å²) in [5.74, 6) is 1.01. The number of hydrogen-bond acceptors (Lipinski definition) is 4. The predicted molar refractivity (Wildman–Crippen MR) is 76.9 cm³/mol. The number of oxime groups is 1. The number of benzene rings is 1. The van der Waals surface area contributed by atoms with E-state index in [1.54, 1.807) is 11.8 Å². The lowest BCUT2D eigenvalue weighted by Gasteiger charge is -2.07. The Kier molecular flexibility index (Phi) is 4.20. The summed E-state index contributed by atoms with van der Waals surface area (Å²) in [6.45, 7) is 4.19. The van der Waals surface area contributed by atoms with Crippen LogP contribution in [0.2, 0.25) is 0 Å². The minimum absolute atomic E-state index is 0.869. The Bertz CT molecular complexity index is 581. The number of pyridine rings is 1. The highest BCUT2D eigenvalue weighted by Crippen LogP contribution is 2.25. The van der Waals surface area contributed by atoms with Gasteiger partial charge in [-0.1, -0.05) is 23.7 Å². The van der Waals surface area contributed by atoms with Gasteiger partial charge in [-0.3, -0.25) is 0 Å². The average Bonchev–Trinajstić information content (AvgIpc) is 2.36. The van der Waals surface area contributed by atoms with E-state index in [4.69, 9.17) is 5.21 Å². The van der Waals surface area contributed by atoms with E-state index < -0.39 is 0 Å². The summed E-state index contributed by atoms with van der Waals surface area (Å²) in [5, 5.41) is 13.9. The monoisotopic (exact) mass is 260 g/mol. The van der Waals surface area contributed by atoms with E-state index in [2.05, 4.69) is 36.1 Å². The molecule has 4 heteroatoms. The molecule has 1 aromatic heterocycles. The van der Waals surface area contributed by atoms with Crippen LogP contribution in [0.15, 0.2) is 34.4 Å². The average molecular weight is 260 g/mol. The maximum atomic E-state index is 8.73. The van der Waals surface area contributed by atoms with E-state index in [1.807, 2.05) is 12.1 Å². The molecule has 2 rings (SSSR count). The summed E-state index contributed by atoms with van der Waals surface area (Å²) in [5.41, 5.74) is 3.05. The highest BCUT2D eigenvalue weighted by molar-refractivity contribution is 7.99. The molecule has 0 atom stereocenters. The molecule has 0 aliphatic rings. The third-order valence-electron chi connectivity index (χ3n) is 2.60. The molecular weight excluding hydrogens is 244 g/mol. The Morgan fingerprint density at radius 1 is 1.39 bits per heavy atom. The predicted octanol–water partition coefficient (Wildman–Crippen LogP) is 3.85. The number of thioether (sulfide) groups is 1. The Balaban J connectivity index is 2.53. The van der Waals surface area contributed by atoms with E-state index in [0.717, 1.165) is 33.7 Å². The van der Waals surface area contributed by atoms with Gasteiger partial charge in [0.25, 0.3) is 0 Å². The molecule has 18 heavy (non-hydrogen) atoms. The minimum atomic E-state index is 0.869. The molecule has 1 aromatic carbocycles. The second-order valence-corrected chi connectivity index (χ2v) is 5.26. The van der Waals surface area contributed by atoms with Crippen molar-refractivity contribution in [2.75, 3.05) is 5.75 Å². The first-order chi connectivity index (χ1) is 8.74. The van der Waals surface area contributed by atoms with Gasteiger partial charge < -0.3 is 5.21 Å². The van der Waals surface area contributed by atoms with Crippen molar-refractivity contribution in [3.8, 4) is 0 Å². The zero-order valence-corrected chi connectivity index (χ0v) is 11.4. The second kappa shape index (κ2) is 5.87. The fourth-order valence-electron chi connectivity index (χ4n) is 1.76. The lowest BCUT2D eigenvalue weighted by Crippen LogP contribution is -1.93. The molecule has 2 aromatic rings. The third-order valence-corrected chi connectivity index (χ3v) is 3.82. The van der Waals surface area contributed by atoms with Crippen molar-refractivity contribution in [3.05, 3.63) is 35.4 Å². The van der Waals surface area contributed by atoms with Crippen molar-refractivity contribution in [2.24, 2.45) is 5.16 Å². The summed E-state index contributed by atoms with van der Waals surface area (Å²) in [4.78, 5) is 4.63. The van der Waals surface area contributed by atoms with Crippen molar-refractivity contribution in [3.63, 3.8) is 0 Å². The van der Waals surface area contributed by atoms with Crippen LogP contribution in [0, 0.1) is 6.92 Å². The molecule has 1 heterocycles. The van der Waals surface area contributed by atoms with Gasteiger partial charge in [0.2, 0.25) is 0 Å². The summed E-state index contributed by atoms with van der Waals surface area (Å²) in [6.07, 6.45) is 2.54. The molecule has 3 nitrogen and oxygen atoms in total. The van der Waals surface area contributed by atoms with Crippen molar-refractivity contribution < 1.29 is 5.21 Å². The molecule has 0 spiro atoms. The van der Waals surface area contributed by atoms with E-state index in [9.17, 15) is 0 Å². The Morgan fingerprint density at radius 2 is 2.22 bits per heavy atom. The zero-order chi connectivity index (χ0) is 13.0. The Labute approximate surface area is 111 Å². The first-order valence-corrected chi connectivity index (χ1v) is 6.94. The first-order valence-electron chi connectivity index (χ1n) is 5.96. The van der Waals surface area contributed by atoms with Gasteiger partial charge >= 0.3 is 0 Å². The maximum absolute atomic E-state index is 8.73. The van der Waals surface area contributed by atoms with Crippen molar-refractivity contribution in [2.45, 2.75) is 25.3 Å². The smallest absolute Gasteiger partial charge is 0.106 e. The number of rotatable bonds is 4. The Morgan fingerprint density at radius 3 is 2.94 bits per heavy atom. The van der Waals surface area contributed by atoms with Crippen LogP contribution in [-0.4, -0.2) is 22.2 Å². The molecule has 0 fully saturated rings. The molecule has 0 saturated carbocycles. The standard InChI is InChI=1S/C14H16N2OS/c1-3-6-18-14-12(9-15-17)8-11-7-10(2)4-5-13(11)16-14/h4-5,7-9,17H,3,6H2,1-2H3/b15-9+. The molecule has 0 aliphatic carbocycles. The summed E-state index contributed by atoms with van der Waals surface area (Å²) < 4.78 is 0. The van der Waals surface area contributed by atoms with E-state index in [0.29, 0.717) is 0 Å². The fourth-order valence-corrected chi connectivity index (χ4v) is 2.60. The van der Waals surface area contributed by atoms with E-state index in [1.165, 1.54) is 11.8 Å². The number of hydrogen-bond donors (Lipinski definition) is 1. The minimum Gasteiger partial charge on any atom is -0.411 e. The van der Waals surface area contributed by atoms with Crippen molar-refractivity contribution in [1.82, 2.24) is 4.98 Å². The van der Waals surface area contributed by atoms with E-state index >= 15 is 0 Å². The lowest BCUT2D eigenvalue weighted by molar-refractivity contribution is 0.321. The van der Waals surface area contributed by atoms with Gasteiger partial charge in [-0.2, -0.15) is 0 Å². The van der Waals surface area contributed by atoms with Gasteiger partial charge in [-0.25, -0.2) is 4.98 Å². The van der Waals surface area contributed by atoms with Gasteiger partial charge in [0.15, 0.2) is 0 Å². The molecule has 0 bridgehead atoms. The second-order valence-electron chi connectivity index (χ2n) is 4.17. The number of aryl methyl sites for hydroxylation is 1. The van der Waals surface area contributed by atoms with Gasteiger partial charge in [-0.05, 0) is 37.3 Å². The van der Waals surface area contributed by atoms with Gasteiger partial charge in [0, 0.05) is 10.9 Å².